The minimum absolute atomic E-state index is 0.0245. The molecule has 2 rings (SSSR count). The van der Waals surface area contributed by atoms with Gasteiger partial charge in [0.1, 0.15) is 6.29 Å². The predicted octanol–water partition coefficient (Wildman–Crippen LogP) is 0.470. The lowest BCUT2D eigenvalue weighted by Crippen LogP contribution is -2.39. The summed E-state index contributed by atoms with van der Waals surface area (Å²) in [5.41, 5.74) is 0.576. The Bertz CT molecular complexity index is 677. The maximum atomic E-state index is 12.6. The van der Waals surface area contributed by atoms with Crippen molar-refractivity contribution in [2.24, 2.45) is 0 Å². The lowest BCUT2D eigenvalue weighted by atomic mass is 10.3. The molecule has 0 bridgehead atoms. The molecule has 1 aromatic carbocycles. The molecule has 9 heteroatoms. The second-order valence-corrected chi connectivity index (χ2v) is 7.80. The molecule has 0 radical (unpaired) electrons. The van der Waals surface area contributed by atoms with Gasteiger partial charge in [-0.15, -0.1) is 11.8 Å². The van der Waals surface area contributed by atoms with Gasteiger partial charge in [-0.1, -0.05) is 6.07 Å². The van der Waals surface area contributed by atoms with E-state index in [4.69, 9.17) is 5.11 Å². The van der Waals surface area contributed by atoms with Crippen molar-refractivity contribution >= 4 is 39.7 Å². The molecule has 1 atom stereocenters. The molecule has 1 heterocycles. The third-order valence-corrected chi connectivity index (χ3v) is 6.46. The third-order valence-electron chi connectivity index (χ3n) is 3.27. The number of sulfonamides is 1. The Kier molecular flexibility index (Phi) is 5.09. The monoisotopic (exact) mass is 344 g/mol. The standard InChI is InChI=1S/C13H16N2O5S2/c1-14(5-7-16)10-3-2-4-11(9-10)22(19,20)15-6-8-21-12(15)13(17)18/h2-4,7,9,12H,5-6,8H2,1H3,(H,17,18)/t12-/m0/s1. The van der Waals surface area contributed by atoms with E-state index in [-0.39, 0.29) is 18.0 Å². The molecule has 0 saturated carbocycles. The minimum atomic E-state index is -3.89. The number of benzene rings is 1. The predicted molar refractivity (Wildman–Crippen MR) is 83.5 cm³/mol. The molecule has 0 aromatic heterocycles. The molecule has 0 spiro atoms. The van der Waals surface area contributed by atoms with Crippen LogP contribution in [0.2, 0.25) is 0 Å². The zero-order valence-corrected chi connectivity index (χ0v) is 13.5. The number of thioether (sulfide) groups is 1. The van der Waals surface area contributed by atoms with Gasteiger partial charge in [-0.3, -0.25) is 0 Å². The van der Waals surface area contributed by atoms with Gasteiger partial charge < -0.3 is 14.8 Å². The van der Waals surface area contributed by atoms with Crippen LogP contribution in [0.5, 0.6) is 0 Å². The third kappa shape index (κ3) is 3.26. The van der Waals surface area contributed by atoms with Crippen LogP contribution in [-0.4, -0.2) is 61.3 Å². The van der Waals surface area contributed by atoms with Crippen molar-refractivity contribution in [3.63, 3.8) is 0 Å². The molecule has 1 aliphatic rings. The Morgan fingerprint density at radius 2 is 2.27 bits per heavy atom. The first-order valence-corrected chi connectivity index (χ1v) is 8.98. The van der Waals surface area contributed by atoms with E-state index in [1.165, 1.54) is 12.1 Å². The number of hydrogen-bond donors (Lipinski definition) is 1. The van der Waals surface area contributed by atoms with Gasteiger partial charge >= 0.3 is 5.97 Å². The number of aldehydes is 1. The normalized spacial score (nSPS) is 19.0. The van der Waals surface area contributed by atoms with Gasteiger partial charge in [0.25, 0.3) is 0 Å². The van der Waals surface area contributed by atoms with E-state index in [0.717, 1.165) is 22.4 Å². The lowest BCUT2D eigenvalue weighted by Gasteiger charge is -2.22. The summed E-state index contributed by atoms with van der Waals surface area (Å²) in [5.74, 6) is -0.721. The number of likely N-dealkylation sites (N-methyl/N-ethyl adjacent to an activating group) is 1. The molecule has 1 aromatic rings. The lowest BCUT2D eigenvalue weighted by molar-refractivity contribution is -0.138. The van der Waals surface area contributed by atoms with E-state index in [1.54, 1.807) is 24.1 Å². The van der Waals surface area contributed by atoms with E-state index in [1.807, 2.05) is 0 Å². The van der Waals surface area contributed by atoms with Crippen LogP contribution in [0.3, 0.4) is 0 Å². The molecular formula is C13H16N2O5S2. The van der Waals surface area contributed by atoms with Crippen LogP contribution < -0.4 is 4.90 Å². The zero-order valence-electron chi connectivity index (χ0n) is 11.9. The highest BCUT2D eigenvalue weighted by molar-refractivity contribution is 8.02. The number of anilines is 1. The van der Waals surface area contributed by atoms with Crippen LogP contribution in [0.25, 0.3) is 0 Å². The number of carbonyl (C=O) groups is 2. The Balaban J connectivity index is 2.35. The Hall–Kier alpha value is -1.58. The highest BCUT2D eigenvalue weighted by Gasteiger charge is 2.40. The van der Waals surface area contributed by atoms with Crippen molar-refractivity contribution in [1.29, 1.82) is 0 Å². The average Bonchev–Trinajstić information content (AvgIpc) is 2.98. The van der Waals surface area contributed by atoms with Crippen molar-refractivity contribution < 1.29 is 23.1 Å². The van der Waals surface area contributed by atoms with Crippen LogP contribution >= 0.6 is 11.8 Å². The number of rotatable bonds is 6. The first kappa shape index (κ1) is 16.8. The minimum Gasteiger partial charge on any atom is -0.479 e. The van der Waals surface area contributed by atoms with Crippen LogP contribution in [0.15, 0.2) is 29.2 Å². The van der Waals surface area contributed by atoms with E-state index in [9.17, 15) is 18.0 Å². The van der Waals surface area contributed by atoms with Gasteiger partial charge in [-0.2, -0.15) is 4.31 Å². The van der Waals surface area contributed by atoms with Gasteiger partial charge in [-0.25, -0.2) is 13.2 Å². The summed E-state index contributed by atoms with van der Waals surface area (Å²) in [7, 11) is -2.21. The van der Waals surface area contributed by atoms with E-state index in [0.29, 0.717) is 11.4 Å². The van der Waals surface area contributed by atoms with Crippen molar-refractivity contribution in [2.45, 2.75) is 10.3 Å². The molecule has 1 aliphatic heterocycles. The first-order chi connectivity index (χ1) is 10.4. The quantitative estimate of drug-likeness (QED) is 0.750. The van der Waals surface area contributed by atoms with Gasteiger partial charge in [0, 0.05) is 25.0 Å². The van der Waals surface area contributed by atoms with Crippen molar-refractivity contribution in [2.75, 3.05) is 30.8 Å². The van der Waals surface area contributed by atoms with Crippen LogP contribution in [0.4, 0.5) is 5.69 Å². The van der Waals surface area contributed by atoms with Gasteiger partial charge in [0.05, 0.1) is 11.4 Å². The number of carbonyl (C=O) groups excluding carboxylic acids is 1. The molecule has 0 amide bonds. The summed E-state index contributed by atoms with van der Waals surface area (Å²) in [6.07, 6.45) is 0.721. The van der Waals surface area contributed by atoms with Gasteiger partial charge in [0.2, 0.25) is 10.0 Å². The molecule has 120 valence electrons. The molecule has 1 N–H and O–H groups in total. The van der Waals surface area contributed by atoms with Crippen LogP contribution in [0.1, 0.15) is 0 Å². The van der Waals surface area contributed by atoms with E-state index >= 15 is 0 Å². The highest BCUT2D eigenvalue weighted by atomic mass is 32.2. The van der Waals surface area contributed by atoms with Crippen LogP contribution in [0, 0.1) is 0 Å². The average molecular weight is 344 g/mol. The Morgan fingerprint density at radius 3 is 2.91 bits per heavy atom. The number of carboxylic acids is 1. The molecular weight excluding hydrogens is 328 g/mol. The fourth-order valence-corrected chi connectivity index (χ4v) is 5.17. The Morgan fingerprint density at radius 1 is 1.55 bits per heavy atom. The second-order valence-electron chi connectivity index (χ2n) is 4.72. The van der Waals surface area contributed by atoms with Crippen molar-refractivity contribution in [1.82, 2.24) is 4.31 Å². The summed E-state index contributed by atoms with van der Waals surface area (Å²) < 4.78 is 26.3. The Labute approximate surface area is 133 Å². The SMILES string of the molecule is CN(CC=O)c1cccc(S(=O)(=O)N2CCS[C@H]2C(=O)O)c1. The summed E-state index contributed by atoms with van der Waals surface area (Å²) in [4.78, 5) is 23.4. The topological polar surface area (TPSA) is 95.0 Å². The first-order valence-electron chi connectivity index (χ1n) is 6.49. The van der Waals surface area contributed by atoms with Gasteiger partial charge in [-0.05, 0) is 18.2 Å². The summed E-state index contributed by atoms with van der Waals surface area (Å²) in [5, 5.41) is 8.04. The van der Waals surface area contributed by atoms with Crippen molar-refractivity contribution in [3.8, 4) is 0 Å². The molecule has 1 fully saturated rings. The summed E-state index contributed by atoms with van der Waals surface area (Å²) in [6, 6.07) is 6.13. The van der Waals surface area contributed by atoms with E-state index in [2.05, 4.69) is 0 Å². The molecule has 0 unspecified atom stereocenters. The summed E-state index contributed by atoms with van der Waals surface area (Å²) in [6.45, 7) is 0.305. The van der Waals surface area contributed by atoms with Crippen LogP contribution in [-0.2, 0) is 19.6 Å². The molecule has 22 heavy (non-hydrogen) atoms. The number of nitrogens with zero attached hydrogens (tertiary/aromatic N) is 2. The second kappa shape index (κ2) is 6.67. The smallest absolute Gasteiger partial charge is 0.332 e. The van der Waals surface area contributed by atoms with Crippen molar-refractivity contribution in [3.05, 3.63) is 24.3 Å². The number of aliphatic carboxylic acids is 1. The van der Waals surface area contributed by atoms with Gasteiger partial charge in [0.15, 0.2) is 5.37 Å². The number of hydrogen-bond acceptors (Lipinski definition) is 6. The zero-order chi connectivity index (χ0) is 16.3. The maximum absolute atomic E-state index is 12.6. The molecule has 7 nitrogen and oxygen atoms in total. The highest BCUT2D eigenvalue weighted by Crippen LogP contribution is 2.31. The number of carboxylic acid groups (broad SMARTS) is 1. The largest absolute Gasteiger partial charge is 0.479 e. The fourth-order valence-electron chi connectivity index (χ4n) is 2.13. The molecule has 0 aliphatic carbocycles. The fraction of sp³-hybridized carbons (Fsp3) is 0.385. The molecule has 1 saturated heterocycles. The maximum Gasteiger partial charge on any atom is 0.332 e. The summed E-state index contributed by atoms with van der Waals surface area (Å²) >= 11 is 1.09. The van der Waals surface area contributed by atoms with E-state index < -0.39 is 21.4 Å².